The largest absolute Gasteiger partial charge is 0.331 e. The van der Waals surface area contributed by atoms with Gasteiger partial charge in [-0.05, 0) is 36.5 Å². The van der Waals surface area contributed by atoms with Gasteiger partial charge in [-0.3, -0.25) is 5.43 Å². The van der Waals surface area contributed by atoms with Gasteiger partial charge in [0.2, 0.25) is 0 Å². The van der Waals surface area contributed by atoms with Gasteiger partial charge in [0.1, 0.15) is 5.15 Å². The van der Waals surface area contributed by atoms with Crippen LogP contribution in [0.2, 0.25) is 5.15 Å². The molecule has 2 aromatic carbocycles. The number of aromatic nitrogens is 1. The minimum absolute atomic E-state index is 0.399. The lowest BCUT2D eigenvalue weighted by molar-refractivity contribution is 1.05. The number of para-hydroxylation sites is 2. The van der Waals surface area contributed by atoms with E-state index in [2.05, 4.69) is 20.8 Å². The minimum Gasteiger partial charge on any atom is -0.331 e. The van der Waals surface area contributed by atoms with Gasteiger partial charge in [0, 0.05) is 16.6 Å². The number of nitrogens with one attached hydrogen (secondary N) is 2. The number of benzene rings is 2. The maximum atomic E-state index is 6.17. The van der Waals surface area contributed by atoms with Gasteiger partial charge < -0.3 is 5.32 Å². The molecule has 0 aliphatic heterocycles. The first-order chi connectivity index (χ1) is 11.2. The Morgan fingerprint density at radius 1 is 1.09 bits per heavy atom. The summed E-state index contributed by atoms with van der Waals surface area (Å²) in [6, 6.07) is 19.3. The van der Waals surface area contributed by atoms with E-state index in [-0.39, 0.29) is 0 Å². The van der Waals surface area contributed by atoms with Crippen LogP contribution in [0.15, 0.2) is 65.8 Å². The van der Waals surface area contributed by atoms with Gasteiger partial charge in [0.15, 0.2) is 5.11 Å². The number of rotatable bonds is 3. The molecule has 6 heteroatoms. The smallest absolute Gasteiger partial charge is 0.191 e. The van der Waals surface area contributed by atoms with Gasteiger partial charge in [-0.25, -0.2) is 4.98 Å². The predicted octanol–water partition coefficient (Wildman–Crippen LogP) is 4.21. The molecule has 0 radical (unpaired) electrons. The summed E-state index contributed by atoms with van der Waals surface area (Å²) in [5.74, 6) is 0. The number of halogens is 1. The van der Waals surface area contributed by atoms with Crippen molar-refractivity contribution in [2.24, 2.45) is 5.10 Å². The zero-order valence-corrected chi connectivity index (χ0v) is 13.6. The topological polar surface area (TPSA) is 49.3 Å². The van der Waals surface area contributed by atoms with Gasteiger partial charge >= 0.3 is 0 Å². The van der Waals surface area contributed by atoms with Crippen LogP contribution in [-0.2, 0) is 0 Å². The van der Waals surface area contributed by atoms with E-state index in [9.17, 15) is 0 Å². The third-order valence-corrected chi connectivity index (χ3v) is 3.60. The monoisotopic (exact) mass is 340 g/mol. The van der Waals surface area contributed by atoms with Crippen molar-refractivity contribution in [3.63, 3.8) is 0 Å². The average molecular weight is 341 g/mol. The number of pyridine rings is 1. The van der Waals surface area contributed by atoms with Crippen LogP contribution in [0.5, 0.6) is 0 Å². The molecule has 0 saturated heterocycles. The number of thiocarbonyl (C=S) groups is 1. The van der Waals surface area contributed by atoms with Crippen LogP contribution in [-0.4, -0.2) is 16.3 Å². The van der Waals surface area contributed by atoms with Crippen molar-refractivity contribution in [3.05, 3.63) is 71.4 Å². The third kappa shape index (κ3) is 4.03. The van der Waals surface area contributed by atoms with Crippen molar-refractivity contribution >= 4 is 51.7 Å². The molecule has 3 rings (SSSR count). The van der Waals surface area contributed by atoms with Crippen molar-refractivity contribution in [3.8, 4) is 0 Å². The molecule has 0 bridgehead atoms. The van der Waals surface area contributed by atoms with Crippen LogP contribution < -0.4 is 10.7 Å². The Balaban J connectivity index is 1.68. The number of nitrogens with zero attached hydrogens (tertiary/aromatic N) is 2. The fraction of sp³-hybridized carbons (Fsp3) is 0. The van der Waals surface area contributed by atoms with Crippen molar-refractivity contribution < 1.29 is 0 Å². The lowest BCUT2D eigenvalue weighted by Gasteiger charge is -2.06. The molecule has 1 aromatic heterocycles. The Morgan fingerprint density at radius 3 is 2.65 bits per heavy atom. The second-order valence-electron chi connectivity index (χ2n) is 4.75. The molecule has 0 saturated carbocycles. The van der Waals surface area contributed by atoms with Crippen LogP contribution >= 0.6 is 23.8 Å². The zero-order chi connectivity index (χ0) is 16.1. The number of hydrazone groups is 1. The summed E-state index contributed by atoms with van der Waals surface area (Å²) in [7, 11) is 0. The molecule has 2 N–H and O–H groups in total. The van der Waals surface area contributed by atoms with Gasteiger partial charge in [0.25, 0.3) is 0 Å². The van der Waals surface area contributed by atoms with E-state index in [1.165, 1.54) is 0 Å². The maximum Gasteiger partial charge on any atom is 0.191 e. The third-order valence-electron chi connectivity index (χ3n) is 3.11. The van der Waals surface area contributed by atoms with Crippen LogP contribution in [0, 0.1) is 0 Å². The number of fused-ring (bicyclic) bond motifs is 1. The molecule has 114 valence electrons. The van der Waals surface area contributed by atoms with E-state index < -0.39 is 0 Å². The van der Waals surface area contributed by atoms with Crippen LogP contribution in [0.3, 0.4) is 0 Å². The second kappa shape index (κ2) is 7.17. The molecule has 0 unspecified atom stereocenters. The van der Waals surface area contributed by atoms with Gasteiger partial charge in [-0.1, -0.05) is 48.0 Å². The Hall–Kier alpha value is -2.50. The molecule has 0 fully saturated rings. The molecule has 1 heterocycles. The standard InChI is InChI=1S/C17H13ClN4S/c18-16-13(10-12-6-4-5-9-15(12)21-16)11-19-22-17(23)20-14-7-2-1-3-8-14/h1-11H,(H2,20,22,23)/b19-11+. The lowest BCUT2D eigenvalue weighted by Crippen LogP contribution is -2.23. The second-order valence-corrected chi connectivity index (χ2v) is 5.52. The zero-order valence-electron chi connectivity index (χ0n) is 12.0. The molecule has 0 aliphatic rings. The quantitative estimate of drug-likeness (QED) is 0.324. The Bertz CT molecular complexity index is 865. The lowest BCUT2D eigenvalue weighted by atomic mass is 10.2. The fourth-order valence-corrected chi connectivity index (χ4v) is 2.41. The van der Waals surface area contributed by atoms with Gasteiger partial charge in [0.05, 0.1) is 11.7 Å². The van der Waals surface area contributed by atoms with Crippen molar-refractivity contribution in [1.29, 1.82) is 0 Å². The highest BCUT2D eigenvalue weighted by atomic mass is 35.5. The summed E-state index contributed by atoms with van der Waals surface area (Å²) in [4.78, 5) is 4.34. The van der Waals surface area contributed by atoms with Gasteiger partial charge in [-0.2, -0.15) is 5.10 Å². The fourth-order valence-electron chi connectivity index (χ4n) is 2.04. The number of hydrogen-bond donors (Lipinski definition) is 2. The van der Waals surface area contributed by atoms with E-state index in [4.69, 9.17) is 23.8 Å². The highest BCUT2D eigenvalue weighted by molar-refractivity contribution is 7.80. The van der Waals surface area contributed by atoms with E-state index in [0.29, 0.717) is 10.3 Å². The Labute approximate surface area is 144 Å². The number of anilines is 1. The Morgan fingerprint density at radius 2 is 1.83 bits per heavy atom. The summed E-state index contributed by atoms with van der Waals surface area (Å²) >= 11 is 11.3. The maximum absolute atomic E-state index is 6.17. The first kappa shape index (κ1) is 15.4. The first-order valence-corrected chi connectivity index (χ1v) is 7.71. The van der Waals surface area contributed by atoms with Gasteiger partial charge in [-0.15, -0.1) is 0 Å². The van der Waals surface area contributed by atoms with E-state index in [1.54, 1.807) is 6.21 Å². The van der Waals surface area contributed by atoms with E-state index >= 15 is 0 Å². The first-order valence-electron chi connectivity index (χ1n) is 6.93. The minimum atomic E-state index is 0.399. The summed E-state index contributed by atoms with van der Waals surface area (Å²) < 4.78 is 0. The average Bonchev–Trinajstić information content (AvgIpc) is 2.56. The Kier molecular flexibility index (Phi) is 4.80. The molecule has 0 spiro atoms. The van der Waals surface area contributed by atoms with E-state index in [0.717, 1.165) is 22.2 Å². The summed E-state index contributed by atoms with van der Waals surface area (Å²) in [5, 5.41) is 8.94. The molecule has 23 heavy (non-hydrogen) atoms. The molecular weight excluding hydrogens is 328 g/mol. The van der Waals surface area contributed by atoms with Crippen molar-refractivity contribution in [2.45, 2.75) is 0 Å². The van der Waals surface area contributed by atoms with Crippen LogP contribution in [0.4, 0.5) is 5.69 Å². The molecule has 0 aliphatic carbocycles. The molecule has 4 nitrogen and oxygen atoms in total. The summed E-state index contributed by atoms with van der Waals surface area (Å²) in [5.41, 5.74) is 5.23. The summed E-state index contributed by atoms with van der Waals surface area (Å²) in [6.07, 6.45) is 1.60. The highest BCUT2D eigenvalue weighted by Crippen LogP contribution is 2.18. The van der Waals surface area contributed by atoms with Crippen molar-refractivity contribution in [1.82, 2.24) is 10.4 Å². The predicted molar refractivity (Wildman–Crippen MR) is 100 cm³/mol. The molecular formula is C17H13ClN4S. The van der Waals surface area contributed by atoms with Crippen molar-refractivity contribution in [2.75, 3.05) is 5.32 Å². The molecule has 0 atom stereocenters. The molecule has 3 aromatic rings. The molecule has 0 amide bonds. The SMILES string of the molecule is S=C(N/N=C/c1cc2ccccc2nc1Cl)Nc1ccccc1. The van der Waals surface area contributed by atoms with Crippen LogP contribution in [0.1, 0.15) is 5.56 Å². The number of hydrogen-bond acceptors (Lipinski definition) is 3. The summed E-state index contributed by atoms with van der Waals surface area (Å²) in [6.45, 7) is 0. The highest BCUT2D eigenvalue weighted by Gasteiger charge is 2.02. The normalized spacial score (nSPS) is 10.8. The van der Waals surface area contributed by atoms with Crippen LogP contribution in [0.25, 0.3) is 10.9 Å². The van der Waals surface area contributed by atoms with E-state index in [1.807, 2.05) is 60.7 Å².